The molecule has 3 aromatic rings. The number of ether oxygens (including phenoxy) is 1. The highest BCUT2D eigenvalue weighted by molar-refractivity contribution is 7.91. The molecule has 0 atom stereocenters. The van der Waals surface area contributed by atoms with Crippen molar-refractivity contribution in [1.29, 1.82) is 0 Å². The number of hydrogen-bond acceptors (Lipinski definition) is 4. The van der Waals surface area contributed by atoms with Gasteiger partial charge in [-0.2, -0.15) is 0 Å². The van der Waals surface area contributed by atoms with E-state index in [0.29, 0.717) is 24.6 Å². The van der Waals surface area contributed by atoms with E-state index in [9.17, 15) is 13.2 Å². The van der Waals surface area contributed by atoms with Gasteiger partial charge in [-0.1, -0.05) is 6.92 Å². The lowest BCUT2D eigenvalue weighted by atomic mass is 9.89. The number of rotatable bonds is 5. The molecule has 1 fully saturated rings. The number of piperidine rings is 1. The third-order valence-corrected chi connectivity index (χ3v) is 7.73. The molecule has 0 aliphatic carbocycles. The summed E-state index contributed by atoms with van der Waals surface area (Å²) in [5.74, 6) is 1.22. The minimum atomic E-state index is -3.26. The largest absolute Gasteiger partial charge is 0.497 e. The molecule has 6 nitrogen and oxygen atoms in total. The van der Waals surface area contributed by atoms with E-state index in [-0.39, 0.29) is 16.6 Å². The predicted molar refractivity (Wildman–Crippen MR) is 117 cm³/mol. The molecule has 1 aliphatic heterocycles. The highest BCUT2D eigenvalue weighted by Gasteiger charge is 2.26. The van der Waals surface area contributed by atoms with Crippen molar-refractivity contribution in [2.75, 3.05) is 26.0 Å². The van der Waals surface area contributed by atoms with Crippen LogP contribution in [0.2, 0.25) is 0 Å². The summed E-state index contributed by atoms with van der Waals surface area (Å²) in [4.78, 5) is 18.3. The fourth-order valence-corrected chi connectivity index (χ4v) is 5.02. The normalized spacial score (nSPS) is 15.5. The van der Waals surface area contributed by atoms with Crippen LogP contribution in [0.1, 0.15) is 41.6 Å². The van der Waals surface area contributed by atoms with Gasteiger partial charge < -0.3 is 14.6 Å². The van der Waals surface area contributed by atoms with Crippen molar-refractivity contribution >= 4 is 26.6 Å². The zero-order valence-corrected chi connectivity index (χ0v) is 18.0. The third-order valence-electron chi connectivity index (χ3n) is 5.98. The van der Waals surface area contributed by atoms with Crippen LogP contribution < -0.4 is 4.74 Å². The number of nitrogens with zero attached hydrogens (tertiary/aromatic N) is 1. The molecule has 4 rings (SSSR count). The van der Waals surface area contributed by atoms with Crippen LogP contribution in [0.3, 0.4) is 0 Å². The second kappa shape index (κ2) is 8.14. The Labute approximate surface area is 176 Å². The molecule has 2 aromatic carbocycles. The molecular formula is C23H26N2O4S. The number of nitrogens with one attached hydrogen (secondary N) is 1. The van der Waals surface area contributed by atoms with Crippen LogP contribution in [0.15, 0.2) is 53.6 Å². The molecular weight excluding hydrogens is 400 g/mol. The number of methoxy groups -OCH3 is 1. The van der Waals surface area contributed by atoms with Crippen LogP contribution in [-0.2, 0) is 9.84 Å². The first-order valence-electron chi connectivity index (χ1n) is 10.2. The second-order valence-corrected chi connectivity index (χ2v) is 9.93. The molecule has 2 heterocycles. The molecule has 158 valence electrons. The van der Waals surface area contributed by atoms with Crippen molar-refractivity contribution in [3.63, 3.8) is 0 Å². The summed E-state index contributed by atoms with van der Waals surface area (Å²) >= 11 is 0. The molecule has 1 aromatic heterocycles. The zero-order valence-electron chi connectivity index (χ0n) is 17.2. The fourth-order valence-electron chi connectivity index (χ4n) is 4.13. The minimum Gasteiger partial charge on any atom is -0.497 e. The molecule has 0 spiro atoms. The summed E-state index contributed by atoms with van der Waals surface area (Å²) in [5, 5.41) is 1.17. The summed E-state index contributed by atoms with van der Waals surface area (Å²) in [7, 11) is -1.59. The van der Waals surface area contributed by atoms with E-state index in [1.165, 1.54) is 23.1 Å². The number of amides is 1. The Kier molecular flexibility index (Phi) is 5.56. The molecule has 0 unspecified atom stereocenters. The van der Waals surface area contributed by atoms with Gasteiger partial charge in [0.25, 0.3) is 5.91 Å². The number of benzene rings is 2. The first-order valence-corrected chi connectivity index (χ1v) is 11.8. The summed E-state index contributed by atoms with van der Waals surface area (Å²) in [6.45, 7) is 2.96. The van der Waals surface area contributed by atoms with Gasteiger partial charge in [0.15, 0.2) is 9.84 Å². The van der Waals surface area contributed by atoms with Gasteiger partial charge in [0.05, 0.1) is 17.8 Å². The van der Waals surface area contributed by atoms with E-state index in [4.69, 9.17) is 4.74 Å². The van der Waals surface area contributed by atoms with E-state index in [0.717, 1.165) is 24.1 Å². The van der Waals surface area contributed by atoms with E-state index in [1.807, 2.05) is 17.0 Å². The van der Waals surface area contributed by atoms with Gasteiger partial charge in [-0.15, -0.1) is 0 Å². The Balaban J connectivity index is 1.45. The van der Waals surface area contributed by atoms with Gasteiger partial charge in [0.2, 0.25) is 0 Å². The Morgan fingerprint density at radius 3 is 2.47 bits per heavy atom. The SMILES string of the molecule is CCS(=O)(=O)c1ccc(C(=O)N2CCC(c3c[nH]c4ccc(OC)cc34)CC2)cc1. The van der Waals surface area contributed by atoms with Crippen molar-refractivity contribution in [2.24, 2.45) is 0 Å². The van der Waals surface area contributed by atoms with Crippen molar-refractivity contribution in [2.45, 2.75) is 30.6 Å². The number of fused-ring (bicyclic) bond motifs is 1. The average Bonchev–Trinajstić information content (AvgIpc) is 3.22. The summed E-state index contributed by atoms with van der Waals surface area (Å²) < 4.78 is 29.3. The molecule has 1 saturated heterocycles. The van der Waals surface area contributed by atoms with E-state index < -0.39 is 9.84 Å². The van der Waals surface area contributed by atoms with Crippen molar-refractivity contribution in [1.82, 2.24) is 9.88 Å². The van der Waals surface area contributed by atoms with Crippen molar-refractivity contribution in [3.05, 3.63) is 59.8 Å². The number of carbonyl (C=O) groups is 1. The smallest absolute Gasteiger partial charge is 0.253 e. The fraction of sp³-hybridized carbons (Fsp3) is 0.348. The Morgan fingerprint density at radius 2 is 1.83 bits per heavy atom. The monoisotopic (exact) mass is 426 g/mol. The highest BCUT2D eigenvalue weighted by Crippen LogP contribution is 2.35. The summed E-state index contributed by atoms with van der Waals surface area (Å²) in [6, 6.07) is 12.3. The molecule has 0 saturated carbocycles. The number of sulfone groups is 1. The molecule has 0 bridgehead atoms. The predicted octanol–water partition coefficient (Wildman–Crippen LogP) is 3.99. The first-order chi connectivity index (χ1) is 14.4. The maximum absolute atomic E-state index is 12.9. The maximum atomic E-state index is 12.9. The Bertz CT molecular complexity index is 1160. The van der Waals surface area contributed by atoms with E-state index in [2.05, 4.69) is 17.2 Å². The molecule has 0 radical (unpaired) electrons. The van der Waals surface area contributed by atoms with Gasteiger partial charge in [-0.05, 0) is 66.8 Å². The standard InChI is InChI=1S/C23H26N2O4S/c1-3-30(27,28)19-7-4-17(5-8-19)23(26)25-12-10-16(11-13-25)21-15-24-22-9-6-18(29-2)14-20(21)22/h4-9,14-16,24H,3,10-13H2,1-2H3. The van der Waals surface area contributed by atoms with Crippen LogP contribution >= 0.6 is 0 Å². The van der Waals surface area contributed by atoms with Crippen LogP contribution in [0.4, 0.5) is 0 Å². The van der Waals surface area contributed by atoms with Crippen molar-refractivity contribution < 1.29 is 17.9 Å². The van der Waals surface area contributed by atoms with Crippen LogP contribution in [0.5, 0.6) is 5.75 Å². The van der Waals surface area contributed by atoms with Gasteiger partial charge in [0, 0.05) is 35.8 Å². The summed E-state index contributed by atoms with van der Waals surface area (Å²) in [6.07, 6.45) is 3.84. The maximum Gasteiger partial charge on any atom is 0.253 e. The molecule has 1 aliphatic rings. The number of hydrogen-bond donors (Lipinski definition) is 1. The zero-order chi connectivity index (χ0) is 21.3. The quantitative estimate of drug-likeness (QED) is 0.669. The van der Waals surface area contributed by atoms with Gasteiger partial charge >= 0.3 is 0 Å². The lowest BCUT2D eigenvalue weighted by molar-refractivity contribution is 0.0713. The number of carbonyl (C=O) groups excluding carboxylic acids is 1. The summed E-state index contributed by atoms with van der Waals surface area (Å²) in [5.41, 5.74) is 2.89. The Hall–Kier alpha value is -2.80. The topological polar surface area (TPSA) is 79.5 Å². The molecule has 30 heavy (non-hydrogen) atoms. The van der Waals surface area contributed by atoms with Crippen molar-refractivity contribution in [3.8, 4) is 5.75 Å². The highest BCUT2D eigenvalue weighted by atomic mass is 32.2. The van der Waals surface area contributed by atoms with Crippen LogP contribution in [0, 0.1) is 0 Å². The lowest BCUT2D eigenvalue weighted by Gasteiger charge is -2.32. The van der Waals surface area contributed by atoms with E-state index in [1.54, 1.807) is 26.2 Å². The molecule has 1 amide bonds. The van der Waals surface area contributed by atoms with Gasteiger partial charge in [-0.3, -0.25) is 4.79 Å². The number of likely N-dealkylation sites (tertiary alicyclic amines) is 1. The minimum absolute atomic E-state index is 0.0468. The first kappa shape index (κ1) is 20.5. The lowest BCUT2D eigenvalue weighted by Crippen LogP contribution is -2.37. The average molecular weight is 427 g/mol. The number of aromatic amines is 1. The number of aromatic nitrogens is 1. The Morgan fingerprint density at radius 1 is 1.13 bits per heavy atom. The third kappa shape index (κ3) is 3.81. The molecule has 1 N–H and O–H groups in total. The van der Waals surface area contributed by atoms with Crippen LogP contribution in [-0.4, -0.2) is 50.2 Å². The molecule has 7 heteroatoms. The van der Waals surface area contributed by atoms with E-state index >= 15 is 0 Å². The van der Waals surface area contributed by atoms with Gasteiger partial charge in [0.1, 0.15) is 5.75 Å². The second-order valence-electron chi connectivity index (χ2n) is 7.65. The van der Waals surface area contributed by atoms with Crippen LogP contribution in [0.25, 0.3) is 10.9 Å². The number of H-pyrrole nitrogens is 1. The van der Waals surface area contributed by atoms with Gasteiger partial charge in [-0.25, -0.2) is 8.42 Å².